The lowest BCUT2D eigenvalue weighted by Gasteiger charge is -2.42. The Bertz CT molecular complexity index is 660. The number of likely N-dealkylation sites (tertiary alicyclic amines) is 1. The highest BCUT2D eigenvalue weighted by Crippen LogP contribution is 2.20. The number of amides is 4. The smallest absolute Gasteiger partial charge is 0.324 e. The zero-order valence-electron chi connectivity index (χ0n) is 12.2. The van der Waals surface area contributed by atoms with Crippen molar-refractivity contribution in [3.8, 4) is 0 Å². The van der Waals surface area contributed by atoms with Crippen LogP contribution in [-0.2, 0) is 16.0 Å². The molecule has 1 aromatic carbocycles. The van der Waals surface area contributed by atoms with Crippen LogP contribution in [0.25, 0.3) is 0 Å². The number of imide groups is 1. The van der Waals surface area contributed by atoms with Gasteiger partial charge in [-0.15, -0.1) is 0 Å². The maximum absolute atomic E-state index is 13.1. The summed E-state index contributed by atoms with van der Waals surface area (Å²) in [6.07, 6.45) is 0.734. The topological polar surface area (TPSA) is 69.7 Å². The summed E-state index contributed by atoms with van der Waals surface area (Å²) in [7, 11) is 0. The zero-order chi connectivity index (χ0) is 16.6. The Morgan fingerprint density at radius 1 is 1.35 bits per heavy atom. The molecular weight excluding hydrogens is 325 g/mol. The second-order valence-electron chi connectivity index (χ2n) is 5.62. The van der Waals surface area contributed by atoms with Crippen molar-refractivity contribution in [2.24, 2.45) is 0 Å². The highest BCUT2D eigenvalue weighted by molar-refractivity contribution is 6.30. The quantitative estimate of drug-likeness (QED) is 0.837. The van der Waals surface area contributed by atoms with E-state index >= 15 is 0 Å². The molecule has 0 spiro atoms. The van der Waals surface area contributed by atoms with E-state index in [4.69, 9.17) is 11.6 Å². The summed E-state index contributed by atoms with van der Waals surface area (Å²) in [4.78, 5) is 38.0. The number of nitrogens with zero attached hydrogens (tertiary/aromatic N) is 2. The second-order valence-corrected chi connectivity index (χ2v) is 6.03. The van der Waals surface area contributed by atoms with Gasteiger partial charge < -0.3 is 10.2 Å². The maximum atomic E-state index is 13.1. The Labute approximate surface area is 137 Å². The Hall–Kier alpha value is -2.15. The van der Waals surface area contributed by atoms with Gasteiger partial charge in [-0.2, -0.15) is 0 Å². The molecule has 0 aliphatic carbocycles. The molecule has 0 bridgehead atoms. The van der Waals surface area contributed by atoms with Gasteiger partial charge in [-0.3, -0.25) is 14.5 Å². The van der Waals surface area contributed by atoms with Gasteiger partial charge in [-0.25, -0.2) is 9.18 Å². The maximum Gasteiger partial charge on any atom is 0.324 e. The van der Waals surface area contributed by atoms with Crippen molar-refractivity contribution >= 4 is 29.4 Å². The molecule has 2 aliphatic heterocycles. The molecule has 0 unspecified atom stereocenters. The van der Waals surface area contributed by atoms with Gasteiger partial charge in [-0.1, -0.05) is 17.7 Å². The van der Waals surface area contributed by atoms with Crippen molar-refractivity contribution in [2.75, 3.05) is 19.6 Å². The molecule has 4 amide bonds. The summed E-state index contributed by atoms with van der Waals surface area (Å²) in [6.45, 7) is 0.749. The van der Waals surface area contributed by atoms with E-state index in [0.717, 1.165) is 5.56 Å². The SMILES string of the molecule is O=C(CCc1ccc(F)c(Cl)c1)N1CC(N2C(=O)CNC2=O)C1. The second kappa shape index (κ2) is 6.16. The number of rotatable bonds is 4. The van der Waals surface area contributed by atoms with Crippen LogP contribution in [-0.4, -0.2) is 53.3 Å². The van der Waals surface area contributed by atoms with E-state index in [1.165, 1.54) is 17.0 Å². The van der Waals surface area contributed by atoms with Gasteiger partial charge in [-0.05, 0) is 24.1 Å². The zero-order valence-corrected chi connectivity index (χ0v) is 13.0. The molecule has 3 rings (SSSR count). The molecular formula is C15H15ClFN3O3. The standard InChI is InChI=1S/C15H15ClFN3O3/c16-11-5-9(1-3-12(11)17)2-4-13(21)19-7-10(8-19)20-14(22)6-18-15(20)23/h1,3,5,10H,2,4,6-8H2,(H,18,23). The average Bonchev–Trinajstić information content (AvgIpc) is 2.79. The third-order valence-electron chi connectivity index (χ3n) is 4.07. The molecule has 0 saturated carbocycles. The van der Waals surface area contributed by atoms with Crippen LogP contribution in [0.3, 0.4) is 0 Å². The minimum Gasteiger partial charge on any atom is -0.338 e. The van der Waals surface area contributed by atoms with E-state index in [1.54, 1.807) is 11.0 Å². The van der Waals surface area contributed by atoms with E-state index in [9.17, 15) is 18.8 Å². The van der Waals surface area contributed by atoms with Crippen LogP contribution in [0.2, 0.25) is 5.02 Å². The lowest BCUT2D eigenvalue weighted by molar-refractivity contribution is -0.142. The highest BCUT2D eigenvalue weighted by Gasteiger charge is 2.42. The summed E-state index contributed by atoms with van der Waals surface area (Å²) >= 11 is 5.70. The average molecular weight is 340 g/mol. The molecule has 1 aromatic rings. The Kier molecular flexibility index (Phi) is 4.21. The van der Waals surface area contributed by atoms with Gasteiger partial charge >= 0.3 is 6.03 Å². The lowest BCUT2D eigenvalue weighted by atomic mass is 10.0. The predicted octanol–water partition coefficient (Wildman–Crippen LogP) is 1.17. The van der Waals surface area contributed by atoms with Crippen LogP contribution in [0.5, 0.6) is 0 Å². The fraction of sp³-hybridized carbons (Fsp3) is 0.400. The number of benzene rings is 1. The summed E-state index contributed by atoms with van der Waals surface area (Å²) in [5.74, 6) is -0.803. The number of urea groups is 1. The van der Waals surface area contributed by atoms with Crippen LogP contribution in [0.1, 0.15) is 12.0 Å². The van der Waals surface area contributed by atoms with Gasteiger partial charge in [0.15, 0.2) is 0 Å². The number of nitrogens with one attached hydrogen (secondary N) is 1. The molecule has 0 aromatic heterocycles. The van der Waals surface area contributed by atoms with Gasteiger partial charge in [0.2, 0.25) is 11.8 Å². The Balaban J connectivity index is 1.48. The molecule has 122 valence electrons. The van der Waals surface area contributed by atoms with Gasteiger partial charge in [0.05, 0.1) is 17.6 Å². The van der Waals surface area contributed by atoms with Crippen molar-refractivity contribution in [1.82, 2.24) is 15.1 Å². The van der Waals surface area contributed by atoms with Gasteiger partial charge in [0, 0.05) is 19.5 Å². The minimum atomic E-state index is -0.485. The summed E-state index contributed by atoms with van der Waals surface area (Å²) < 4.78 is 13.1. The van der Waals surface area contributed by atoms with E-state index in [-0.39, 0.29) is 35.8 Å². The molecule has 23 heavy (non-hydrogen) atoms. The minimum absolute atomic E-state index is 0.0224. The van der Waals surface area contributed by atoms with Gasteiger partial charge in [0.1, 0.15) is 5.82 Å². The van der Waals surface area contributed by atoms with Crippen LogP contribution >= 0.6 is 11.6 Å². The number of halogens is 2. The third-order valence-corrected chi connectivity index (χ3v) is 4.36. The summed E-state index contributed by atoms with van der Waals surface area (Å²) in [5.41, 5.74) is 0.788. The van der Waals surface area contributed by atoms with Crippen LogP contribution < -0.4 is 5.32 Å². The van der Waals surface area contributed by atoms with Crippen molar-refractivity contribution in [3.63, 3.8) is 0 Å². The molecule has 2 fully saturated rings. The van der Waals surface area contributed by atoms with E-state index in [2.05, 4.69) is 5.32 Å². The van der Waals surface area contributed by atoms with Crippen molar-refractivity contribution < 1.29 is 18.8 Å². The molecule has 2 saturated heterocycles. The first kappa shape index (κ1) is 15.7. The van der Waals surface area contributed by atoms with E-state index in [0.29, 0.717) is 19.5 Å². The number of aryl methyl sites for hydroxylation is 1. The Morgan fingerprint density at radius 2 is 2.09 bits per heavy atom. The Morgan fingerprint density at radius 3 is 2.70 bits per heavy atom. The number of carbonyl (C=O) groups is 3. The molecule has 0 atom stereocenters. The summed E-state index contributed by atoms with van der Waals surface area (Å²) in [5, 5.41) is 2.50. The molecule has 8 heteroatoms. The first-order chi connectivity index (χ1) is 11.0. The number of carbonyl (C=O) groups excluding carboxylic acids is 3. The largest absolute Gasteiger partial charge is 0.338 e. The summed E-state index contributed by atoms with van der Waals surface area (Å²) in [6, 6.07) is 3.75. The van der Waals surface area contributed by atoms with Crippen LogP contribution in [0.4, 0.5) is 9.18 Å². The molecule has 2 aliphatic rings. The number of hydrogen-bond acceptors (Lipinski definition) is 3. The first-order valence-electron chi connectivity index (χ1n) is 7.27. The molecule has 2 heterocycles. The highest BCUT2D eigenvalue weighted by atomic mass is 35.5. The van der Waals surface area contributed by atoms with Crippen LogP contribution in [0, 0.1) is 5.82 Å². The number of hydrogen-bond donors (Lipinski definition) is 1. The van der Waals surface area contributed by atoms with Crippen molar-refractivity contribution in [3.05, 3.63) is 34.6 Å². The van der Waals surface area contributed by atoms with E-state index < -0.39 is 11.8 Å². The monoisotopic (exact) mass is 339 g/mol. The normalized spacial score (nSPS) is 18.2. The van der Waals surface area contributed by atoms with E-state index in [1.807, 2.05) is 0 Å². The van der Waals surface area contributed by atoms with Crippen LogP contribution in [0.15, 0.2) is 18.2 Å². The molecule has 0 radical (unpaired) electrons. The fourth-order valence-electron chi connectivity index (χ4n) is 2.73. The lowest BCUT2D eigenvalue weighted by Crippen LogP contribution is -2.62. The fourth-order valence-corrected chi connectivity index (χ4v) is 2.93. The predicted molar refractivity (Wildman–Crippen MR) is 80.3 cm³/mol. The molecule has 1 N–H and O–H groups in total. The molecule has 6 nitrogen and oxygen atoms in total. The van der Waals surface area contributed by atoms with Gasteiger partial charge in [0.25, 0.3) is 0 Å². The van der Waals surface area contributed by atoms with Crippen molar-refractivity contribution in [1.29, 1.82) is 0 Å². The third kappa shape index (κ3) is 3.14. The van der Waals surface area contributed by atoms with Crippen molar-refractivity contribution in [2.45, 2.75) is 18.9 Å². The first-order valence-corrected chi connectivity index (χ1v) is 7.65.